The minimum absolute atomic E-state index is 0.0441. The van der Waals surface area contributed by atoms with Crippen molar-refractivity contribution in [1.82, 2.24) is 4.72 Å². The molecule has 2 aromatic rings. The van der Waals surface area contributed by atoms with Gasteiger partial charge in [0, 0.05) is 19.0 Å². The standard InChI is InChI=1S/C16H16N2O5S/c1-11-5-4-7-14(18(19)20)16(11)24(21,22)17-10-13-9-12-6-2-3-8-15(12)23-13/h2-8,13,17H,9-10H2,1H3/t13-/m0/s1. The highest BCUT2D eigenvalue weighted by Crippen LogP contribution is 2.29. The van der Waals surface area contributed by atoms with Crippen LogP contribution in [0.5, 0.6) is 5.75 Å². The Morgan fingerprint density at radius 1 is 1.25 bits per heavy atom. The summed E-state index contributed by atoms with van der Waals surface area (Å²) in [6, 6.07) is 11.7. The van der Waals surface area contributed by atoms with Crippen LogP contribution in [0.1, 0.15) is 11.1 Å². The fraction of sp³-hybridized carbons (Fsp3) is 0.250. The molecular formula is C16H16N2O5S. The maximum absolute atomic E-state index is 12.5. The number of ether oxygens (including phenoxy) is 1. The van der Waals surface area contributed by atoms with Crippen molar-refractivity contribution >= 4 is 15.7 Å². The van der Waals surface area contributed by atoms with Crippen LogP contribution in [0, 0.1) is 17.0 Å². The molecular weight excluding hydrogens is 332 g/mol. The minimum Gasteiger partial charge on any atom is -0.488 e. The number of hydrogen-bond acceptors (Lipinski definition) is 5. The summed E-state index contributed by atoms with van der Waals surface area (Å²) in [5, 5.41) is 11.1. The number of nitrogens with zero attached hydrogens (tertiary/aromatic N) is 1. The van der Waals surface area contributed by atoms with Gasteiger partial charge in [0.25, 0.3) is 5.69 Å². The van der Waals surface area contributed by atoms with Gasteiger partial charge in [-0.2, -0.15) is 0 Å². The highest BCUT2D eigenvalue weighted by Gasteiger charge is 2.30. The molecule has 0 amide bonds. The Morgan fingerprint density at radius 2 is 2.00 bits per heavy atom. The van der Waals surface area contributed by atoms with Gasteiger partial charge in [-0.1, -0.05) is 30.3 Å². The molecule has 0 aromatic heterocycles. The SMILES string of the molecule is Cc1cccc([N+](=O)[O-])c1S(=O)(=O)NC[C@@H]1Cc2ccccc2O1. The smallest absolute Gasteiger partial charge is 0.289 e. The number of rotatable bonds is 5. The number of nitro groups is 1. The van der Waals surface area contributed by atoms with Crippen molar-refractivity contribution in [1.29, 1.82) is 0 Å². The summed E-state index contributed by atoms with van der Waals surface area (Å²) in [7, 11) is -4.01. The Labute approximate surface area is 139 Å². The number of hydrogen-bond donors (Lipinski definition) is 1. The van der Waals surface area contributed by atoms with E-state index in [1.54, 1.807) is 0 Å². The molecule has 126 valence electrons. The van der Waals surface area contributed by atoms with E-state index in [9.17, 15) is 18.5 Å². The van der Waals surface area contributed by atoms with Gasteiger partial charge in [-0.25, -0.2) is 13.1 Å². The molecule has 3 rings (SSSR count). The van der Waals surface area contributed by atoms with Crippen LogP contribution in [0.15, 0.2) is 47.4 Å². The van der Waals surface area contributed by atoms with Crippen molar-refractivity contribution in [3.05, 3.63) is 63.7 Å². The maximum atomic E-state index is 12.5. The van der Waals surface area contributed by atoms with Crippen molar-refractivity contribution in [3.8, 4) is 5.75 Å². The van der Waals surface area contributed by atoms with Crippen molar-refractivity contribution in [3.63, 3.8) is 0 Å². The van der Waals surface area contributed by atoms with E-state index < -0.39 is 20.6 Å². The second-order valence-electron chi connectivity index (χ2n) is 5.58. The molecule has 0 unspecified atom stereocenters. The van der Waals surface area contributed by atoms with Crippen LogP contribution in [0.2, 0.25) is 0 Å². The van der Waals surface area contributed by atoms with Crippen LogP contribution in [-0.4, -0.2) is 26.0 Å². The molecule has 8 heteroatoms. The van der Waals surface area contributed by atoms with Gasteiger partial charge in [-0.3, -0.25) is 10.1 Å². The van der Waals surface area contributed by atoms with E-state index in [-0.39, 0.29) is 17.5 Å². The first kappa shape index (κ1) is 16.4. The van der Waals surface area contributed by atoms with E-state index in [2.05, 4.69) is 4.72 Å². The monoisotopic (exact) mass is 348 g/mol. The predicted octanol–water partition coefficient (Wildman–Crippen LogP) is 2.19. The number of nitro benzene ring substituents is 1. The highest BCUT2D eigenvalue weighted by atomic mass is 32.2. The minimum atomic E-state index is -4.01. The lowest BCUT2D eigenvalue weighted by Gasteiger charge is -2.13. The highest BCUT2D eigenvalue weighted by molar-refractivity contribution is 7.89. The van der Waals surface area contributed by atoms with Gasteiger partial charge in [0.2, 0.25) is 10.0 Å². The molecule has 0 saturated heterocycles. The van der Waals surface area contributed by atoms with Crippen LogP contribution < -0.4 is 9.46 Å². The quantitative estimate of drug-likeness (QED) is 0.660. The summed E-state index contributed by atoms with van der Waals surface area (Å²) in [5.74, 6) is 0.739. The zero-order valence-corrected chi connectivity index (χ0v) is 13.7. The molecule has 0 saturated carbocycles. The zero-order chi connectivity index (χ0) is 17.3. The van der Waals surface area contributed by atoms with Gasteiger partial charge < -0.3 is 4.74 Å². The third-order valence-corrected chi connectivity index (χ3v) is 5.49. The lowest BCUT2D eigenvalue weighted by Crippen LogP contribution is -2.35. The second kappa shape index (κ2) is 6.21. The number of benzene rings is 2. The third kappa shape index (κ3) is 3.10. The van der Waals surface area contributed by atoms with E-state index in [0.29, 0.717) is 12.0 Å². The Kier molecular flexibility index (Phi) is 4.25. The Balaban J connectivity index is 1.78. The zero-order valence-electron chi connectivity index (χ0n) is 12.9. The first-order valence-electron chi connectivity index (χ1n) is 7.37. The number of aryl methyl sites for hydroxylation is 1. The van der Waals surface area contributed by atoms with Crippen molar-refractivity contribution in [2.24, 2.45) is 0 Å². The summed E-state index contributed by atoms with van der Waals surface area (Å²) in [6.07, 6.45) is 0.259. The lowest BCUT2D eigenvalue weighted by atomic mass is 10.1. The second-order valence-corrected chi connectivity index (χ2v) is 7.29. The third-order valence-electron chi connectivity index (χ3n) is 3.87. The summed E-state index contributed by atoms with van der Waals surface area (Å²) in [5.41, 5.74) is 0.911. The van der Waals surface area contributed by atoms with Crippen molar-refractivity contribution in [2.45, 2.75) is 24.3 Å². The van der Waals surface area contributed by atoms with E-state index in [0.717, 1.165) is 11.3 Å². The molecule has 0 fully saturated rings. The number of sulfonamides is 1. The van der Waals surface area contributed by atoms with E-state index in [1.165, 1.54) is 25.1 Å². The maximum Gasteiger partial charge on any atom is 0.289 e. The molecule has 1 aliphatic rings. The molecule has 2 aromatic carbocycles. The first-order chi connectivity index (χ1) is 11.4. The van der Waals surface area contributed by atoms with Crippen LogP contribution in [0.25, 0.3) is 0 Å². The summed E-state index contributed by atoms with van der Waals surface area (Å²) >= 11 is 0. The average Bonchev–Trinajstić information content (AvgIpc) is 2.95. The molecule has 24 heavy (non-hydrogen) atoms. The molecule has 0 spiro atoms. The largest absolute Gasteiger partial charge is 0.488 e. The average molecular weight is 348 g/mol. The molecule has 1 atom stereocenters. The normalized spacial score (nSPS) is 16.5. The van der Waals surface area contributed by atoms with Crippen molar-refractivity contribution in [2.75, 3.05) is 6.54 Å². The van der Waals surface area contributed by atoms with Crippen LogP contribution in [0.4, 0.5) is 5.69 Å². The number of fused-ring (bicyclic) bond motifs is 1. The summed E-state index contributed by atoms with van der Waals surface area (Å²) in [4.78, 5) is 10.1. The van der Waals surface area contributed by atoms with E-state index in [4.69, 9.17) is 4.74 Å². The van der Waals surface area contributed by atoms with Gasteiger partial charge >= 0.3 is 0 Å². The van der Waals surface area contributed by atoms with Gasteiger partial charge in [0.1, 0.15) is 11.9 Å². The topological polar surface area (TPSA) is 98.5 Å². The number of para-hydroxylation sites is 1. The van der Waals surface area contributed by atoms with E-state index >= 15 is 0 Å². The van der Waals surface area contributed by atoms with Gasteiger partial charge in [-0.15, -0.1) is 0 Å². The number of nitrogens with one attached hydrogen (secondary N) is 1. The molecule has 1 aliphatic heterocycles. The predicted molar refractivity (Wildman–Crippen MR) is 87.6 cm³/mol. The fourth-order valence-electron chi connectivity index (χ4n) is 2.77. The van der Waals surface area contributed by atoms with Gasteiger partial charge in [-0.05, 0) is 24.1 Å². The Hall–Kier alpha value is -2.45. The summed E-state index contributed by atoms with van der Waals surface area (Å²) < 4.78 is 33.2. The van der Waals surface area contributed by atoms with E-state index in [1.807, 2.05) is 24.3 Å². The van der Waals surface area contributed by atoms with Crippen LogP contribution >= 0.6 is 0 Å². The van der Waals surface area contributed by atoms with Crippen molar-refractivity contribution < 1.29 is 18.1 Å². The Morgan fingerprint density at radius 3 is 2.71 bits per heavy atom. The Bertz CT molecular complexity index is 870. The molecule has 0 aliphatic carbocycles. The summed E-state index contributed by atoms with van der Waals surface area (Å²) in [6.45, 7) is 1.58. The molecule has 0 bridgehead atoms. The molecule has 0 radical (unpaired) electrons. The fourth-order valence-corrected chi connectivity index (χ4v) is 4.23. The molecule has 1 heterocycles. The van der Waals surface area contributed by atoms with Gasteiger partial charge in [0.15, 0.2) is 4.90 Å². The lowest BCUT2D eigenvalue weighted by molar-refractivity contribution is -0.387. The first-order valence-corrected chi connectivity index (χ1v) is 8.85. The van der Waals surface area contributed by atoms with Gasteiger partial charge in [0.05, 0.1) is 4.92 Å². The van der Waals surface area contributed by atoms with Crippen LogP contribution in [-0.2, 0) is 16.4 Å². The molecule has 1 N–H and O–H groups in total. The molecule has 7 nitrogen and oxygen atoms in total. The van der Waals surface area contributed by atoms with Crippen LogP contribution in [0.3, 0.4) is 0 Å².